The number of pyridine rings is 1. The normalized spacial score (nSPS) is 11.0. The van der Waals surface area contributed by atoms with Gasteiger partial charge in [-0.25, -0.2) is 9.37 Å². The van der Waals surface area contributed by atoms with Crippen molar-refractivity contribution in [3.8, 4) is 5.69 Å². The molecular formula is C12H7ClFN3S. The molecule has 0 saturated carbocycles. The molecule has 0 fully saturated rings. The van der Waals surface area contributed by atoms with Gasteiger partial charge in [0.25, 0.3) is 0 Å². The zero-order valence-electron chi connectivity index (χ0n) is 9.02. The minimum atomic E-state index is -0.512. The highest BCUT2D eigenvalue weighted by molar-refractivity contribution is 7.71. The predicted molar refractivity (Wildman–Crippen MR) is 71.2 cm³/mol. The van der Waals surface area contributed by atoms with Crippen molar-refractivity contribution >= 4 is 35.0 Å². The third-order valence-corrected chi connectivity index (χ3v) is 3.19. The van der Waals surface area contributed by atoms with Crippen molar-refractivity contribution in [2.75, 3.05) is 0 Å². The third kappa shape index (κ3) is 1.63. The second-order valence-electron chi connectivity index (χ2n) is 3.71. The average Bonchev–Trinajstić information content (AvgIpc) is 2.69. The Balaban J connectivity index is 2.42. The number of fused-ring (bicyclic) bond motifs is 1. The molecule has 0 bridgehead atoms. The maximum Gasteiger partial charge on any atom is 0.184 e. The molecule has 1 aromatic carbocycles. The molecule has 0 radical (unpaired) electrons. The van der Waals surface area contributed by atoms with Gasteiger partial charge in [-0.2, -0.15) is 0 Å². The van der Waals surface area contributed by atoms with Crippen LogP contribution >= 0.6 is 23.8 Å². The van der Waals surface area contributed by atoms with Crippen LogP contribution in [0.25, 0.3) is 16.9 Å². The summed E-state index contributed by atoms with van der Waals surface area (Å²) in [6, 6.07) is 8.39. The Bertz CT molecular complexity index is 793. The zero-order valence-corrected chi connectivity index (χ0v) is 10.6. The second kappa shape index (κ2) is 4.19. The van der Waals surface area contributed by atoms with E-state index in [2.05, 4.69) is 9.97 Å². The number of rotatable bonds is 1. The van der Waals surface area contributed by atoms with Crippen LogP contribution in [0.1, 0.15) is 0 Å². The third-order valence-electron chi connectivity index (χ3n) is 2.62. The molecule has 0 atom stereocenters. The minimum absolute atomic E-state index is 0.0553. The lowest BCUT2D eigenvalue weighted by Crippen LogP contribution is -1.99. The molecule has 0 aliphatic rings. The Kier molecular flexibility index (Phi) is 2.65. The molecule has 0 amide bonds. The lowest BCUT2D eigenvalue weighted by atomic mass is 10.3. The fourth-order valence-corrected chi connectivity index (χ4v) is 2.29. The summed E-state index contributed by atoms with van der Waals surface area (Å²) in [7, 11) is 0. The van der Waals surface area contributed by atoms with Gasteiger partial charge < -0.3 is 4.98 Å². The molecule has 0 aliphatic carbocycles. The molecule has 3 nitrogen and oxygen atoms in total. The first-order valence-electron chi connectivity index (χ1n) is 5.18. The standard InChI is InChI=1S/C12H7ClFN3S/c13-7-3-1-5-9(10(7)14)17-11-8(16-12(17)18)4-2-6-15-11/h1-6H,(H,16,18). The summed E-state index contributed by atoms with van der Waals surface area (Å²) in [5.41, 5.74) is 1.61. The average molecular weight is 280 g/mol. The van der Waals surface area contributed by atoms with Crippen LogP contribution in [-0.2, 0) is 0 Å². The van der Waals surface area contributed by atoms with E-state index >= 15 is 0 Å². The van der Waals surface area contributed by atoms with Crippen LogP contribution in [0.4, 0.5) is 4.39 Å². The van der Waals surface area contributed by atoms with Crippen LogP contribution in [0.2, 0.25) is 5.02 Å². The molecule has 18 heavy (non-hydrogen) atoms. The van der Waals surface area contributed by atoms with Gasteiger partial charge in [0, 0.05) is 6.20 Å². The van der Waals surface area contributed by atoms with Crippen molar-refractivity contribution < 1.29 is 4.39 Å². The minimum Gasteiger partial charge on any atom is -0.329 e. The number of halogens is 2. The SMILES string of the molecule is Fc1c(Cl)cccc1-n1c(=S)[nH]c2cccnc21. The summed E-state index contributed by atoms with van der Waals surface area (Å²) in [6.45, 7) is 0. The van der Waals surface area contributed by atoms with E-state index in [0.717, 1.165) is 5.52 Å². The highest BCUT2D eigenvalue weighted by Gasteiger charge is 2.13. The first kappa shape index (κ1) is 11.4. The molecule has 2 aromatic heterocycles. The monoisotopic (exact) mass is 279 g/mol. The summed E-state index contributed by atoms with van der Waals surface area (Å²) in [4.78, 5) is 7.18. The molecule has 0 unspecified atom stereocenters. The van der Waals surface area contributed by atoms with E-state index in [1.165, 1.54) is 10.6 Å². The number of aromatic amines is 1. The maximum absolute atomic E-state index is 14.0. The summed E-state index contributed by atoms with van der Waals surface area (Å²) in [5, 5.41) is 0.0553. The molecule has 90 valence electrons. The maximum atomic E-state index is 14.0. The quantitative estimate of drug-likeness (QED) is 0.686. The number of nitrogens with zero attached hydrogens (tertiary/aromatic N) is 2. The second-order valence-corrected chi connectivity index (χ2v) is 4.51. The van der Waals surface area contributed by atoms with Crippen molar-refractivity contribution in [3.05, 3.63) is 52.1 Å². The Hall–Kier alpha value is -1.72. The van der Waals surface area contributed by atoms with Crippen molar-refractivity contribution in [1.82, 2.24) is 14.5 Å². The van der Waals surface area contributed by atoms with Crippen molar-refractivity contribution in [1.29, 1.82) is 0 Å². The van der Waals surface area contributed by atoms with Gasteiger partial charge in [0.2, 0.25) is 0 Å². The fourth-order valence-electron chi connectivity index (χ4n) is 1.83. The number of aromatic nitrogens is 3. The van der Waals surface area contributed by atoms with Gasteiger partial charge >= 0.3 is 0 Å². The van der Waals surface area contributed by atoms with Gasteiger partial charge in [-0.05, 0) is 36.5 Å². The van der Waals surface area contributed by atoms with Crippen molar-refractivity contribution in [2.45, 2.75) is 0 Å². The molecule has 6 heteroatoms. The number of nitrogens with one attached hydrogen (secondary N) is 1. The zero-order chi connectivity index (χ0) is 12.7. The van der Waals surface area contributed by atoms with Gasteiger partial charge in [-0.1, -0.05) is 17.7 Å². The molecular weight excluding hydrogens is 273 g/mol. The predicted octanol–water partition coefficient (Wildman–Crippen LogP) is 3.88. The fraction of sp³-hybridized carbons (Fsp3) is 0. The molecule has 0 saturated heterocycles. The largest absolute Gasteiger partial charge is 0.329 e. The van der Waals surface area contributed by atoms with Crippen molar-refractivity contribution in [2.24, 2.45) is 0 Å². The van der Waals surface area contributed by atoms with E-state index in [9.17, 15) is 4.39 Å². The smallest absolute Gasteiger partial charge is 0.184 e. The van der Waals surface area contributed by atoms with E-state index in [0.29, 0.717) is 10.4 Å². The number of hydrogen-bond donors (Lipinski definition) is 1. The van der Waals surface area contributed by atoms with E-state index in [1.807, 2.05) is 6.07 Å². The first-order valence-corrected chi connectivity index (χ1v) is 5.97. The van der Waals surface area contributed by atoms with E-state index in [-0.39, 0.29) is 10.7 Å². The van der Waals surface area contributed by atoms with Crippen LogP contribution in [0.3, 0.4) is 0 Å². The van der Waals surface area contributed by atoms with Gasteiger partial charge in [0.1, 0.15) is 0 Å². The molecule has 0 spiro atoms. The van der Waals surface area contributed by atoms with Crippen LogP contribution in [0.15, 0.2) is 36.5 Å². The summed E-state index contributed by atoms with van der Waals surface area (Å²) in [5.74, 6) is -0.512. The Morgan fingerprint density at radius 3 is 2.94 bits per heavy atom. The first-order chi connectivity index (χ1) is 8.68. The summed E-state index contributed by atoms with van der Waals surface area (Å²) in [6.07, 6.45) is 1.63. The molecule has 2 heterocycles. The lowest BCUT2D eigenvalue weighted by molar-refractivity contribution is 0.619. The molecule has 1 N–H and O–H groups in total. The van der Waals surface area contributed by atoms with Crippen LogP contribution in [0, 0.1) is 10.6 Å². The Morgan fingerprint density at radius 2 is 2.11 bits per heavy atom. The highest BCUT2D eigenvalue weighted by atomic mass is 35.5. The Morgan fingerprint density at radius 1 is 1.28 bits per heavy atom. The highest BCUT2D eigenvalue weighted by Crippen LogP contribution is 2.24. The lowest BCUT2D eigenvalue weighted by Gasteiger charge is -2.06. The summed E-state index contributed by atoms with van der Waals surface area (Å²) >= 11 is 11.0. The molecule has 3 rings (SSSR count). The van der Waals surface area contributed by atoms with Crippen LogP contribution in [0.5, 0.6) is 0 Å². The van der Waals surface area contributed by atoms with Crippen LogP contribution in [-0.4, -0.2) is 14.5 Å². The number of H-pyrrole nitrogens is 1. The van der Waals surface area contributed by atoms with Crippen molar-refractivity contribution in [3.63, 3.8) is 0 Å². The topological polar surface area (TPSA) is 33.6 Å². The van der Waals surface area contributed by atoms with Gasteiger partial charge in [-0.15, -0.1) is 0 Å². The van der Waals surface area contributed by atoms with E-state index < -0.39 is 5.82 Å². The Labute approximate surface area is 112 Å². The van der Waals surface area contributed by atoms with Gasteiger partial charge in [-0.3, -0.25) is 4.57 Å². The number of hydrogen-bond acceptors (Lipinski definition) is 2. The van der Waals surface area contributed by atoms with E-state index in [4.69, 9.17) is 23.8 Å². The van der Waals surface area contributed by atoms with Crippen LogP contribution < -0.4 is 0 Å². The number of benzene rings is 1. The van der Waals surface area contributed by atoms with E-state index in [1.54, 1.807) is 24.4 Å². The molecule has 0 aliphatic heterocycles. The summed E-state index contributed by atoms with van der Waals surface area (Å²) < 4.78 is 15.9. The van der Waals surface area contributed by atoms with Gasteiger partial charge in [0.05, 0.1) is 16.2 Å². The number of imidazole rings is 1. The van der Waals surface area contributed by atoms with Gasteiger partial charge in [0.15, 0.2) is 16.2 Å². The molecule has 3 aromatic rings.